The summed E-state index contributed by atoms with van der Waals surface area (Å²) >= 11 is 0. The van der Waals surface area contributed by atoms with Crippen molar-refractivity contribution in [2.24, 2.45) is 0 Å². The molecule has 0 spiro atoms. The van der Waals surface area contributed by atoms with Crippen LogP contribution in [0.3, 0.4) is 0 Å². The SMILES string of the molecule is CC(C)OCCCCNC(=O)c1nc(N)n[nH]1. The highest BCUT2D eigenvalue weighted by atomic mass is 16.5. The summed E-state index contributed by atoms with van der Waals surface area (Å²) in [5.74, 6) is -0.0830. The maximum atomic E-state index is 11.5. The molecular formula is C10H19N5O2. The molecule has 1 aromatic heterocycles. The molecule has 0 saturated carbocycles. The lowest BCUT2D eigenvalue weighted by atomic mass is 10.3. The maximum absolute atomic E-state index is 11.5. The van der Waals surface area contributed by atoms with E-state index in [1.54, 1.807) is 0 Å². The molecule has 0 radical (unpaired) electrons. The lowest BCUT2D eigenvalue weighted by molar-refractivity contribution is 0.0754. The number of hydrogen-bond donors (Lipinski definition) is 3. The molecule has 4 N–H and O–H groups in total. The molecule has 7 nitrogen and oxygen atoms in total. The van der Waals surface area contributed by atoms with Crippen molar-refractivity contribution in [1.29, 1.82) is 0 Å². The van der Waals surface area contributed by atoms with Gasteiger partial charge in [0.2, 0.25) is 11.8 Å². The van der Waals surface area contributed by atoms with Crippen molar-refractivity contribution in [3.63, 3.8) is 0 Å². The number of anilines is 1. The number of nitrogens with two attached hydrogens (primary N) is 1. The predicted octanol–water partition coefficient (Wildman–Crippen LogP) is 0.322. The molecule has 0 saturated heterocycles. The third-order valence-electron chi connectivity index (χ3n) is 2.03. The van der Waals surface area contributed by atoms with Gasteiger partial charge in [-0.25, -0.2) is 0 Å². The molecule has 1 aromatic rings. The third kappa shape index (κ3) is 5.30. The fourth-order valence-corrected chi connectivity index (χ4v) is 1.21. The number of hydrogen-bond acceptors (Lipinski definition) is 5. The minimum atomic E-state index is -0.293. The van der Waals surface area contributed by atoms with E-state index in [4.69, 9.17) is 10.5 Å². The number of aromatic amines is 1. The number of carbonyl (C=O) groups excluding carboxylic acids is 1. The molecule has 1 amide bonds. The highest BCUT2D eigenvalue weighted by Gasteiger charge is 2.09. The van der Waals surface area contributed by atoms with Gasteiger partial charge in [0.15, 0.2) is 0 Å². The van der Waals surface area contributed by atoms with Gasteiger partial charge in [0, 0.05) is 13.2 Å². The lowest BCUT2D eigenvalue weighted by Crippen LogP contribution is -2.25. The van der Waals surface area contributed by atoms with E-state index in [2.05, 4.69) is 20.5 Å². The molecular weight excluding hydrogens is 222 g/mol. The molecule has 0 aliphatic heterocycles. The minimum absolute atomic E-state index is 0.0699. The number of aromatic nitrogens is 3. The second-order valence-electron chi connectivity index (χ2n) is 3.92. The predicted molar refractivity (Wildman–Crippen MR) is 63.5 cm³/mol. The first-order valence-electron chi connectivity index (χ1n) is 5.67. The first-order valence-corrected chi connectivity index (χ1v) is 5.67. The molecule has 1 rings (SSSR count). The number of nitrogens with one attached hydrogen (secondary N) is 2. The smallest absolute Gasteiger partial charge is 0.288 e. The van der Waals surface area contributed by atoms with E-state index < -0.39 is 0 Å². The Morgan fingerprint density at radius 3 is 2.88 bits per heavy atom. The molecule has 17 heavy (non-hydrogen) atoms. The maximum Gasteiger partial charge on any atom is 0.288 e. The Balaban J connectivity index is 2.09. The highest BCUT2D eigenvalue weighted by molar-refractivity contribution is 5.90. The van der Waals surface area contributed by atoms with Crippen molar-refractivity contribution in [3.8, 4) is 0 Å². The van der Waals surface area contributed by atoms with Crippen LogP contribution in [0.25, 0.3) is 0 Å². The van der Waals surface area contributed by atoms with E-state index in [1.165, 1.54) is 0 Å². The molecule has 0 aliphatic carbocycles. The van der Waals surface area contributed by atoms with Crippen LogP contribution in [0.4, 0.5) is 5.95 Å². The average Bonchev–Trinajstić information content (AvgIpc) is 2.69. The molecule has 1 heterocycles. The van der Waals surface area contributed by atoms with Crippen LogP contribution in [0.5, 0.6) is 0 Å². The van der Waals surface area contributed by atoms with Crippen molar-refractivity contribution in [1.82, 2.24) is 20.5 Å². The van der Waals surface area contributed by atoms with Gasteiger partial charge in [-0.1, -0.05) is 0 Å². The van der Waals surface area contributed by atoms with E-state index in [9.17, 15) is 4.79 Å². The number of nitrogen functional groups attached to an aromatic ring is 1. The Kier molecular flexibility index (Phi) is 5.41. The van der Waals surface area contributed by atoms with Gasteiger partial charge >= 0.3 is 0 Å². The zero-order valence-electron chi connectivity index (χ0n) is 10.2. The number of rotatable bonds is 7. The number of amides is 1. The van der Waals surface area contributed by atoms with Crippen LogP contribution >= 0.6 is 0 Å². The van der Waals surface area contributed by atoms with Gasteiger partial charge in [-0.15, -0.1) is 5.10 Å². The van der Waals surface area contributed by atoms with Gasteiger partial charge in [-0.2, -0.15) is 4.98 Å². The zero-order chi connectivity index (χ0) is 12.7. The summed E-state index contributed by atoms with van der Waals surface area (Å²) in [6.07, 6.45) is 2.03. The second-order valence-corrected chi connectivity index (χ2v) is 3.92. The lowest BCUT2D eigenvalue weighted by Gasteiger charge is -2.07. The monoisotopic (exact) mass is 241 g/mol. The van der Waals surface area contributed by atoms with Crippen molar-refractivity contribution in [3.05, 3.63) is 5.82 Å². The second kappa shape index (κ2) is 6.85. The summed E-state index contributed by atoms with van der Waals surface area (Å²) in [6, 6.07) is 0. The normalized spacial score (nSPS) is 10.8. The van der Waals surface area contributed by atoms with Gasteiger partial charge in [-0.3, -0.25) is 9.89 Å². The number of H-pyrrole nitrogens is 1. The fraction of sp³-hybridized carbons (Fsp3) is 0.700. The van der Waals surface area contributed by atoms with Crippen molar-refractivity contribution in [2.45, 2.75) is 32.8 Å². The van der Waals surface area contributed by atoms with E-state index in [1.807, 2.05) is 13.8 Å². The number of ether oxygens (including phenoxy) is 1. The van der Waals surface area contributed by atoms with Crippen LogP contribution in [0.2, 0.25) is 0 Å². The summed E-state index contributed by atoms with van der Waals surface area (Å²) in [5, 5.41) is 8.74. The van der Waals surface area contributed by atoms with Crippen LogP contribution in [0, 0.1) is 0 Å². The first kappa shape index (κ1) is 13.4. The van der Waals surface area contributed by atoms with Crippen molar-refractivity contribution >= 4 is 11.9 Å². The molecule has 0 bridgehead atoms. The molecule has 7 heteroatoms. The molecule has 96 valence electrons. The summed E-state index contributed by atoms with van der Waals surface area (Å²) in [7, 11) is 0. The molecule has 0 unspecified atom stereocenters. The molecule has 0 aromatic carbocycles. The molecule has 0 aliphatic rings. The van der Waals surface area contributed by atoms with Crippen LogP contribution in [0.15, 0.2) is 0 Å². The van der Waals surface area contributed by atoms with Crippen LogP contribution < -0.4 is 11.1 Å². The summed E-state index contributed by atoms with van der Waals surface area (Å²) in [5.41, 5.74) is 5.29. The van der Waals surface area contributed by atoms with Gasteiger partial charge in [0.25, 0.3) is 5.91 Å². The topological polar surface area (TPSA) is 106 Å². The number of unbranched alkanes of at least 4 members (excludes halogenated alkanes) is 1. The standard InChI is InChI=1S/C10H19N5O2/c1-7(2)17-6-4-3-5-12-9(16)8-13-10(11)15-14-8/h7H,3-6H2,1-2H3,(H,12,16)(H3,11,13,14,15). The Morgan fingerprint density at radius 2 is 2.29 bits per heavy atom. The Morgan fingerprint density at radius 1 is 1.53 bits per heavy atom. The van der Waals surface area contributed by atoms with E-state index in [0.717, 1.165) is 12.8 Å². The third-order valence-corrected chi connectivity index (χ3v) is 2.03. The van der Waals surface area contributed by atoms with E-state index >= 15 is 0 Å². The Bertz CT molecular complexity index is 350. The summed E-state index contributed by atoms with van der Waals surface area (Å²) in [6.45, 7) is 5.29. The Labute approximate surface area is 100 Å². The number of carbonyl (C=O) groups is 1. The largest absolute Gasteiger partial charge is 0.379 e. The zero-order valence-corrected chi connectivity index (χ0v) is 10.2. The van der Waals surface area contributed by atoms with Crippen molar-refractivity contribution in [2.75, 3.05) is 18.9 Å². The van der Waals surface area contributed by atoms with Gasteiger partial charge in [0.1, 0.15) is 0 Å². The first-order chi connectivity index (χ1) is 8.09. The summed E-state index contributed by atoms with van der Waals surface area (Å²) < 4.78 is 5.38. The molecule has 0 fully saturated rings. The fourth-order valence-electron chi connectivity index (χ4n) is 1.21. The number of nitrogens with zero attached hydrogens (tertiary/aromatic N) is 2. The quantitative estimate of drug-likeness (QED) is 0.596. The summed E-state index contributed by atoms with van der Waals surface area (Å²) in [4.78, 5) is 15.2. The molecule has 0 atom stereocenters. The van der Waals surface area contributed by atoms with E-state index in [-0.39, 0.29) is 23.8 Å². The highest BCUT2D eigenvalue weighted by Crippen LogP contribution is 1.95. The van der Waals surface area contributed by atoms with Gasteiger partial charge in [-0.05, 0) is 26.7 Å². The van der Waals surface area contributed by atoms with Crippen LogP contribution in [-0.4, -0.2) is 40.3 Å². The van der Waals surface area contributed by atoms with Gasteiger partial charge in [0.05, 0.1) is 6.10 Å². The van der Waals surface area contributed by atoms with Crippen LogP contribution in [0.1, 0.15) is 37.3 Å². The average molecular weight is 241 g/mol. The van der Waals surface area contributed by atoms with E-state index in [0.29, 0.717) is 13.2 Å². The van der Waals surface area contributed by atoms with Crippen molar-refractivity contribution < 1.29 is 9.53 Å². The minimum Gasteiger partial charge on any atom is -0.379 e. The van der Waals surface area contributed by atoms with Crippen LogP contribution in [-0.2, 0) is 4.74 Å². The Hall–Kier alpha value is -1.63. The van der Waals surface area contributed by atoms with Gasteiger partial charge < -0.3 is 15.8 Å².